The third-order valence-corrected chi connectivity index (χ3v) is 3.97. The topological polar surface area (TPSA) is 75.0 Å². The maximum absolute atomic E-state index is 11.8. The number of benzene rings is 2. The minimum atomic E-state index is -0.164. The van der Waals surface area contributed by atoms with Crippen LogP contribution in [0.25, 0.3) is 10.9 Å². The molecule has 1 aromatic heterocycles. The van der Waals surface area contributed by atoms with Gasteiger partial charge < -0.3 is 15.6 Å². The molecule has 1 aliphatic heterocycles. The van der Waals surface area contributed by atoms with E-state index in [-0.39, 0.29) is 5.56 Å². The largest absolute Gasteiger partial charge is 0.397 e. The number of nitrogens with one attached hydrogen (secondary N) is 1. The quantitative estimate of drug-likeness (QED) is 0.668. The zero-order valence-electron chi connectivity index (χ0n) is 11.3. The Bertz CT molecular complexity index is 875. The van der Waals surface area contributed by atoms with Crippen molar-refractivity contribution in [2.75, 3.05) is 10.6 Å². The molecule has 0 aliphatic carbocycles. The van der Waals surface area contributed by atoms with E-state index in [1.807, 2.05) is 18.2 Å². The van der Waals surface area contributed by atoms with Crippen LogP contribution < -0.4 is 16.2 Å². The number of aromatic nitrogens is 2. The van der Waals surface area contributed by atoms with E-state index < -0.39 is 0 Å². The highest BCUT2D eigenvalue weighted by molar-refractivity contribution is 5.88. The number of rotatable bonds is 1. The summed E-state index contributed by atoms with van der Waals surface area (Å²) in [6, 6.07) is 12.0. The summed E-state index contributed by atoms with van der Waals surface area (Å²) in [7, 11) is 0. The van der Waals surface area contributed by atoms with Crippen molar-refractivity contribution in [2.45, 2.75) is 13.1 Å². The molecule has 0 saturated heterocycles. The SMILES string of the molecule is Nc1cc2c(=O)[nH]cnc2cc1N1Cc2ccccc2C1. The van der Waals surface area contributed by atoms with Crippen LogP contribution in [0.3, 0.4) is 0 Å². The van der Waals surface area contributed by atoms with Crippen LogP contribution in [0.5, 0.6) is 0 Å². The lowest BCUT2D eigenvalue weighted by molar-refractivity contribution is 0.883. The molecule has 5 heteroatoms. The van der Waals surface area contributed by atoms with Gasteiger partial charge in [0.1, 0.15) is 0 Å². The van der Waals surface area contributed by atoms with Gasteiger partial charge >= 0.3 is 0 Å². The molecule has 0 fully saturated rings. The first-order valence-electron chi connectivity index (χ1n) is 6.81. The van der Waals surface area contributed by atoms with Crippen molar-refractivity contribution in [1.29, 1.82) is 0 Å². The van der Waals surface area contributed by atoms with Gasteiger partial charge in [0.05, 0.1) is 28.6 Å². The first kappa shape index (κ1) is 12.0. The number of H-pyrrole nitrogens is 1. The molecular formula is C16H14N4O. The van der Waals surface area contributed by atoms with Crippen molar-refractivity contribution < 1.29 is 0 Å². The average molecular weight is 278 g/mol. The normalized spacial score (nSPS) is 13.6. The third-order valence-electron chi connectivity index (χ3n) is 3.97. The minimum Gasteiger partial charge on any atom is -0.397 e. The van der Waals surface area contributed by atoms with E-state index in [9.17, 15) is 4.79 Å². The van der Waals surface area contributed by atoms with E-state index in [0.29, 0.717) is 16.6 Å². The first-order chi connectivity index (χ1) is 10.2. The molecule has 4 rings (SSSR count). The second-order valence-corrected chi connectivity index (χ2v) is 5.28. The third kappa shape index (κ3) is 1.86. The Kier molecular flexibility index (Phi) is 2.47. The van der Waals surface area contributed by atoms with Gasteiger partial charge in [-0.2, -0.15) is 0 Å². The summed E-state index contributed by atoms with van der Waals surface area (Å²) in [5.41, 5.74) is 10.8. The number of anilines is 2. The van der Waals surface area contributed by atoms with Gasteiger partial charge in [-0.1, -0.05) is 24.3 Å². The molecule has 0 radical (unpaired) electrons. The lowest BCUT2D eigenvalue weighted by Crippen LogP contribution is -2.17. The summed E-state index contributed by atoms with van der Waals surface area (Å²) in [4.78, 5) is 20.8. The van der Waals surface area contributed by atoms with Crippen molar-refractivity contribution in [3.63, 3.8) is 0 Å². The predicted molar refractivity (Wildman–Crippen MR) is 83.1 cm³/mol. The molecule has 0 unspecified atom stereocenters. The molecule has 0 amide bonds. The number of aromatic amines is 1. The Labute approximate surface area is 121 Å². The number of nitrogens with two attached hydrogens (primary N) is 1. The van der Waals surface area contributed by atoms with Crippen LogP contribution in [-0.4, -0.2) is 9.97 Å². The molecule has 1 aliphatic rings. The van der Waals surface area contributed by atoms with Crippen molar-refractivity contribution in [3.05, 3.63) is 64.2 Å². The first-order valence-corrected chi connectivity index (χ1v) is 6.81. The van der Waals surface area contributed by atoms with Crippen LogP contribution in [0.2, 0.25) is 0 Å². The smallest absolute Gasteiger partial charge is 0.258 e. The zero-order valence-corrected chi connectivity index (χ0v) is 11.3. The van der Waals surface area contributed by atoms with Gasteiger partial charge in [-0.15, -0.1) is 0 Å². The van der Waals surface area contributed by atoms with Crippen molar-refractivity contribution in [1.82, 2.24) is 9.97 Å². The maximum atomic E-state index is 11.8. The van der Waals surface area contributed by atoms with E-state index in [4.69, 9.17) is 5.73 Å². The summed E-state index contributed by atoms with van der Waals surface area (Å²) in [6.07, 6.45) is 1.42. The fourth-order valence-electron chi connectivity index (χ4n) is 2.90. The Balaban J connectivity index is 1.82. The molecule has 0 saturated carbocycles. The van der Waals surface area contributed by atoms with Crippen LogP contribution in [0, 0.1) is 0 Å². The fourth-order valence-corrected chi connectivity index (χ4v) is 2.90. The van der Waals surface area contributed by atoms with Crippen molar-refractivity contribution in [2.24, 2.45) is 0 Å². The van der Waals surface area contributed by atoms with Gasteiger partial charge in [0, 0.05) is 13.1 Å². The maximum Gasteiger partial charge on any atom is 0.258 e. The van der Waals surface area contributed by atoms with E-state index in [1.54, 1.807) is 6.07 Å². The highest BCUT2D eigenvalue weighted by atomic mass is 16.1. The van der Waals surface area contributed by atoms with Crippen LogP contribution in [0.15, 0.2) is 47.5 Å². The molecule has 0 spiro atoms. The predicted octanol–water partition coefficient (Wildman–Crippen LogP) is 2.03. The second-order valence-electron chi connectivity index (χ2n) is 5.28. The number of nitrogens with zero attached hydrogens (tertiary/aromatic N) is 2. The lowest BCUT2D eigenvalue weighted by atomic mass is 10.1. The van der Waals surface area contributed by atoms with Crippen molar-refractivity contribution >= 4 is 22.3 Å². The number of hydrogen-bond donors (Lipinski definition) is 2. The second kappa shape index (κ2) is 4.34. The van der Waals surface area contributed by atoms with Crippen LogP contribution in [0.1, 0.15) is 11.1 Å². The number of hydrogen-bond acceptors (Lipinski definition) is 4. The Morgan fingerprint density at radius 2 is 1.86 bits per heavy atom. The van der Waals surface area contributed by atoms with Gasteiger partial charge in [-0.25, -0.2) is 4.98 Å². The summed E-state index contributed by atoms with van der Waals surface area (Å²) in [5.74, 6) is 0. The monoisotopic (exact) mass is 278 g/mol. The molecule has 0 atom stereocenters. The molecular weight excluding hydrogens is 264 g/mol. The fraction of sp³-hybridized carbons (Fsp3) is 0.125. The number of nitrogen functional groups attached to an aromatic ring is 1. The Morgan fingerprint density at radius 3 is 2.57 bits per heavy atom. The number of fused-ring (bicyclic) bond motifs is 2. The summed E-state index contributed by atoms with van der Waals surface area (Å²) >= 11 is 0. The minimum absolute atomic E-state index is 0.164. The van der Waals surface area contributed by atoms with E-state index in [2.05, 4.69) is 27.0 Å². The van der Waals surface area contributed by atoms with Crippen LogP contribution >= 0.6 is 0 Å². The molecule has 2 heterocycles. The molecule has 2 aromatic carbocycles. The lowest BCUT2D eigenvalue weighted by Gasteiger charge is -2.20. The summed E-state index contributed by atoms with van der Waals surface area (Å²) in [5, 5.41) is 0.524. The summed E-state index contributed by atoms with van der Waals surface area (Å²) < 4.78 is 0. The molecule has 21 heavy (non-hydrogen) atoms. The van der Waals surface area contributed by atoms with Gasteiger partial charge in [0.15, 0.2) is 0 Å². The Morgan fingerprint density at radius 1 is 1.14 bits per heavy atom. The summed E-state index contributed by atoms with van der Waals surface area (Å²) in [6.45, 7) is 1.66. The van der Waals surface area contributed by atoms with Crippen LogP contribution in [-0.2, 0) is 13.1 Å². The highest BCUT2D eigenvalue weighted by Gasteiger charge is 2.21. The molecule has 104 valence electrons. The average Bonchev–Trinajstić information content (AvgIpc) is 2.91. The van der Waals surface area contributed by atoms with Gasteiger partial charge in [0.2, 0.25) is 0 Å². The van der Waals surface area contributed by atoms with Gasteiger partial charge in [-0.3, -0.25) is 4.79 Å². The molecule has 0 bridgehead atoms. The molecule has 3 aromatic rings. The van der Waals surface area contributed by atoms with Gasteiger partial charge in [-0.05, 0) is 23.3 Å². The zero-order chi connectivity index (χ0) is 14.4. The van der Waals surface area contributed by atoms with E-state index in [0.717, 1.165) is 18.8 Å². The molecule has 3 N–H and O–H groups in total. The van der Waals surface area contributed by atoms with E-state index >= 15 is 0 Å². The molecule has 5 nitrogen and oxygen atoms in total. The van der Waals surface area contributed by atoms with E-state index in [1.165, 1.54) is 17.5 Å². The Hall–Kier alpha value is -2.82. The highest BCUT2D eigenvalue weighted by Crippen LogP contribution is 2.33. The van der Waals surface area contributed by atoms with Gasteiger partial charge in [0.25, 0.3) is 5.56 Å². The standard InChI is InChI=1S/C16H14N4O/c17-13-5-12-14(18-9-19-16(12)21)6-15(13)20-7-10-3-1-2-4-11(10)8-20/h1-6,9H,7-8,17H2,(H,18,19,21). The van der Waals surface area contributed by atoms with Crippen LogP contribution in [0.4, 0.5) is 11.4 Å². The van der Waals surface area contributed by atoms with Crippen molar-refractivity contribution in [3.8, 4) is 0 Å².